The summed E-state index contributed by atoms with van der Waals surface area (Å²) in [5.41, 5.74) is 1.11. The highest BCUT2D eigenvalue weighted by Gasteiger charge is 2.01. The fourth-order valence-electron chi connectivity index (χ4n) is 0.989. The summed E-state index contributed by atoms with van der Waals surface area (Å²) in [5.74, 6) is -1.91. The summed E-state index contributed by atoms with van der Waals surface area (Å²) >= 11 is 0. The number of benzene rings is 1. The van der Waals surface area contributed by atoms with Crippen molar-refractivity contribution in [1.29, 1.82) is 0 Å². The maximum Gasteiger partial charge on any atom is 0.335 e. The Morgan fingerprint density at radius 1 is 1.22 bits per heavy atom. The first-order valence-corrected chi connectivity index (χ1v) is 5.54. The molecule has 18 heavy (non-hydrogen) atoms. The van der Waals surface area contributed by atoms with E-state index < -0.39 is 11.9 Å². The molecule has 1 aromatic carbocycles. The second kappa shape index (κ2) is 8.25. The van der Waals surface area contributed by atoms with Crippen molar-refractivity contribution in [1.82, 2.24) is 0 Å². The van der Waals surface area contributed by atoms with Crippen molar-refractivity contribution in [3.8, 4) is 0 Å². The van der Waals surface area contributed by atoms with Crippen LogP contribution in [0.25, 0.3) is 0 Å². The Bertz CT molecular complexity index is 398. The Morgan fingerprint density at radius 3 is 2.17 bits per heavy atom. The minimum atomic E-state index is -0.935. The molecule has 0 aliphatic heterocycles. The second-order valence-electron chi connectivity index (χ2n) is 3.97. The van der Waals surface area contributed by atoms with Gasteiger partial charge in [0.05, 0.1) is 11.5 Å². The van der Waals surface area contributed by atoms with Crippen LogP contribution in [0, 0.1) is 5.92 Å². The van der Waals surface area contributed by atoms with Crippen LogP contribution in [0.5, 0.6) is 0 Å². The van der Waals surface area contributed by atoms with E-state index in [0.29, 0.717) is 6.42 Å². The van der Waals surface area contributed by atoms with Gasteiger partial charge in [-0.2, -0.15) is 0 Å². The molecule has 0 aliphatic rings. The van der Waals surface area contributed by atoms with Crippen LogP contribution in [0.4, 0.5) is 0 Å². The molecule has 0 radical (unpaired) electrons. The van der Waals surface area contributed by atoms with Crippen molar-refractivity contribution in [2.75, 3.05) is 6.61 Å². The van der Waals surface area contributed by atoms with Crippen LogP contribution in [-0.4, -0.2) is 33.9 Å². The molecule has 1 rings (SSSR count). The number of aliphatic hydroxyl groups is 1. The van der Waals surface area contributed by atoms with Gasteiger partial charge in [0.1, 0.15) is 0 Å². The highest BCUT2D eigenvalue weighted by molar-refractivity contribution is 5.87. The first kappa shape index (κ1) is 16.1. The molecule has 0 amide bonds. The van der Waals surface area contributed by atoms with E-state index in [0.717, 1.165) is 5.56 Å². The molecule has 100 valence electrons. The summed E-state index contributed by atoms with van der Waals surface area (Å²) in [4.78, 5) is 20.2. The maximum atomic E-state index is 10.5. The van der Waals surface area contributed by atoms with Gasteiger partial charge in [0, 0.05) is 6.61 Å². The molecule has 0 spiro atoms. The monoisotopic (exact) mass is 254 g/mol. The second-order valence-corrected chi connectivity index (χ2v) is 3.97. The zero-order valence-electron chi connectivity index (χ0n) is 10.5. The lowest BCUT2D eigenvalue weighted by Gasteiger charge is -1.98. The normalized spacial score (nSPS) is 9.56. The van der Waals surface area contributed by atoms with E-state index in [4.69, 9.17) is 15.3 Å². The number of hydrogen-bond acceptors (Lipinski definition) is 3. The van der Waals surface area contributed by atoms with Gasteiger partial charge in [-0.25, -0.2) is 4.79 Å². The Labute approximate surface area is 106 Å². The Morgan fingerprint density at radius 2 is 1.78 bits per heavy atom. The lowest BCUT2D eigenvalue weighted by atomic mass is 10.1. The average Bonchev–Trinajstić information content (AvgIpc) is 2.30. The molecule has 0 saturated heterocycles. The number of rotatable bonds is 4. The van der Waals surface area contributed by atoms with Crippen LogP contribution in [0.3, 0.4) is 0 Å². The summed E-state index contributed by atoms with van der Waals surface area (Å²) in [6, 6.07) is 6.57. The van der Waals surface area contributed by atoms with Gasteiger partial charge in [0.2, 0.25) is 0 Å². The first-order valence-electron chi connectivity index (χ1n) is 5.54. The van der Waals surface area contributed by atoms with Crippen LogP contribution in [0.2, 0.25) is 0 Å². The molecule has 1 aromatic rings. The Kier molecular flexibility index (Phi) is 7.38. The van der Waals surface area contributed by atoms with Crippen LogP contribution in [-0.2, 0) is 11.2 Å². The molecule has 0 fully saturated rings. The van der Waals surface area contributed by atoms with E-state index in [-0.39, 0.29) is 18.1 Å². The smallest absolute Gasteiger partial charge is 0.335 e. The molecule has 0 heterocycles. The number of carboxylic acids is 2. The SMILES string of the molecule is CC(C)C(=O)O.O=C(O)c1cccc(CCO)c1. The Hall–Kier alpha value is -1.88. The van der Waals surface area contributed by atoms with Crippen LogP contribution in [0.1, 0.15) is 29.8 Å². The molecular weight excluding hydrogens is 236 g/mol. The van der Waals surface area contributed by atoms with Gasteiger partial charge in [-0.1, -0.05) is 26.0 Å². The molecule has 0 aromatic heterocycles. The standard InChI is InChI=1S/C9H10O3.C4H8O2/c10-5-4-7-2-1-3-8(6-7)9(11)12;1-3(2)4(5)6/h1-3,6,10H,4-5H2,(H,11,12);3H,1-2H3,(H,5,6). The molecule has 5 nitrogen and oxygen atoms in total. The molecule has 0 unspecified atom stereocenters. The van der Waals surface area contributed by atoms with Crippen molar-refractivity contribution < 1.29 is 24.9 Å². The van der Waals surface area contributed by atoms with Gasteiger partial charge in [-0.3, -0.25) is 4.79 Å². The number of hydrogen-bond donors (Lipinski definition) is 3. The highest BCUT2D eigenvalue weighted by atomic mass is 16.4. The molecule has 0 aliphatic carbocycles. The topological polar surface area (TPSA) is 94.8 Å². The van der Waals surface area contributed by atoms with Gasteiger partial charge in [-0.15, -0.1) is 0 Å². The molecule has 0 bridgehead atoms. The zero-order valence-corrected chi connectivity index (χ0v) is 10.5. The summed E-state index contributed by atoms with van der Waals surface area (Å²) in [6.45, 7) is 3.33. The minimum absolute atomic E-state index is 0.0447. The summed E-state index contributed by atoms with van der Waals surface area (Å²) in [5, 5.41) is 25.2. The predicted octanol–water partition coefficient (Wildman–Crippen LogP) is 1.65. The average molecular weight is 254 g/mol. The summed E-state index contributed by atoms with van der Waals surface area (Å²) in [6.07, 6.45) is 0.501. The molecule has 0 saturated carbocycles. The van der Waals surface area contributed by atoms with Gasteiger partial charge < -0.3 is 15.3 Å². The Balaban J connectivity index is 0.000000411. The van der Waals surface area contributed by atoms with Crippen molar-refractivity contribution in [2.45, 2.75) is 20.3 Å². The van der Waals surface area contributed by atoms with Crippen molar-refractivity contribution >= 4 is 11.9 Å². The molecular formula is C13H18O5. The number of carbonyl (C=O) groups is 2. The number of aliphatic carboxylic acids is 1. The lowest BCUT2D eigenvalue weighted by molar-refractivity contribution is -0.140. The van der Waals surface area contributed by atoms with E-state index in [1.807, 2.05) is 0 Å². The van der Waals surface area contributed by atoms with E-state index in [1.54, 1.807) is 32.0 Å². The molecule has 5 heteroatoms. The quantitative estimate of drug-likeness (QED) is 0.759. The largest absolute Gasteiger partial charge is 0.481 e. The fraction of sp³-hybridized carbons (Fsp3) is 0.385. The first-order chi connectivity index (χ1) is 8.38. The predicted molar refractivity (Wildman–Crippen MR) is 66.7 cm³/mol. The summed E-state index contributed by atoms with van der Waals surface area (Å²) in [7, 11) is 0. The van der Waals surface area contributed by atoms with Crippen LogP contribution >= 0.6 is 0 Å². The van der Waals surface area contributed by atoms with Gasteiger partial charge in [0.15, 0.2) is 0 Å². The molecule has 3 N–H and O–H groups in total. The minimum Gasteiger partial charge on any atom is -0.481 e. The third kappa shape index (κ3) is 6.65. The highest BCUT2D eigenvalue weighted by Crippen LogP contribution is 2.05. The van der Waals surface area contributed by atoms with Crippen molar-refractivity contribution in [3.05, 3.63) is 35.4 Å². The van der Waals surface area contributed by atoms with Crippen molar-refractivity contribution in [2.24, 2.45) is 5.92 Å². The van der Waals surface area contributed by atoms with E-state index >= 15 is 0 Å². The number of aromatic carboxylic acids is 1. The molecule has 0 atom stereocenters. The van der Waals surface area contributed by atoms with Crippen molar-refractivity contribution in [3.63, 3.8) is 0 Å². The number of carboxylic acid groups (broad SMARTS) is 2. The summed E-state index contributed by atoms with van der Waals surface area (Å²) < 4.78 is 0. The fourth-order valence-corrected chi connectivity index (χ4v) is 0.989. The third-order valence-electron chi connectivity index (χ3n) is 2.07. The van der Waals surface area contributed by atoms with Crippen LogP contribution in [0.15, 0.2) is 24.3 Å². The van der Waals surface area contributed by atoms with E-state index in [2.05, 4.69) is 0 Å². The van der Waals surface area contributed by atoms with Gasteiger partial charge >= 0.3 is 11.9 Å². The lowest BCUT2D eigenvalue weighted by Crippen LogP contribution is -2.03. The van der Waals surface area contributed by atoms with E-state index in [9.17, 15) is 9.59 Å². The van der Waals surface area contributed by atoms with Gasteiger partial charge in [0.25, 0.3) is 0 Å². The third-order valence-corrected chi connectivity index (χ3v) is 2.07. The van der Waals surface area contributed by atoms with Gasteiger partial charge in [-0.05, 0) is 24.1 Å². The maximum absolute atomic E-state index is 10.5. The zero-order chi connectivity index (χ0) is 14.1. The number of aliphatic hydroxyl groups excluding tert-OH is 1. The van der Waals surface area contributed by atoms with Crippen LogP contribution < -0.4 is 0 Å². The van der Waals surface area contributed by atoms with E-state index in [1.165, 1.54) is 6.07 Å².